The van der Waals surface area contributed by atoms with Crippen LogP contribution in [0.3, 0.4) is 0 Å². The molecule has 1 aromatic carbocycles. The smallest absolute Gasteiger partial charge is 0.224 e. The highest BCUT2D eigenvalue weighted by molar-refractivity contribution is 7.90. The number of nitrogens with zero attached hydrogens (tertiary/aromatic N) is 3. The van der Waals surface area contributed by atoms with Gasteiger partial charge in [0.05, 0.1) is 35.6 Å². The Morgan fingerprint density at radius 3 is 2.55 bits per heavy atom. The summed E-state index contributed by atoms with van der Waals surface area (Å²) in [6.07, 6.45) is 6.23. The first kappa shape index (κ1) is 23.3. The third kappa shape index (κ3) is 5.58. The first-order chi connectivity index (χ1) is 15.8. The molecule has 4 rings (SSSR count). The van der Waals surface area contributed by atoms with Crippen LogP contribution in [-0.4, -0.2) is 68.7 Å². The van der Waals surface area contributed by atoms with Crippen molar-refractivity contribution in [2.24, 2.45) is 0 Å². The monoisotopic (exact) mass is 472 g/mol. The number of fused-ring (bicyclic) bond motifs is 1. The molecule has 0 saturated carbocycles. The molecule has 1 aliphatic heterocycles. The summed E-state index contributed by atoms with van der Waals surface area (Å²) in [4.78, 5) is 14.0. The molecule has 0 amide bonds. The molecule has 3 aromatic rings. The summed E-state index contributed by atoms with van der Waals surface area (Å²) in [6, 6.07) is 6.71. The molecule has 1 aliphatic rings. The molecule has 1 saturated heterocycles. The minimum atomic E-state index is -3.29. The molecule has 9 nitrogen and oxygen atoms in total. The minimum absolute atomic E-state index is 0.0183. The summed E-state index contributed by atoms with van der Waals surface area (Å²) in [5, 5.41) is 3.93. The first-order valence-electron chi connectivity index (χ1n) is 10.8. The molecule has 0 radical (unpaired) electrons. The summed E-state index contributed by atoms with van der Waals surface area (Å²) in [6.45, 7) is 3.81. The van der Waals surface area contributed by atoms with Gasteiger partial charge in [-0.15, -0.1) is 0 Å². The maximum absolute atomic E-state index is 11.9. The van der Waals surface area contributed by atoms with Crippen molar-refractivity contribution in [3.05, 3.63) is 36.7 Å². The Bertz CT molecular complexity index is 1210. The Kier molecular flexibility index (Phi) is 7.06. The van der Waals surface area contributed by atoms with Crippen molar-refractivity contribution >= 4 is 26.7 Å². The second-order valence-electron chi connectivity index (χ2n) is 8.16. The first-order valence-corrected chi connectivity index (χ1v) is 12.7. The number of pyridine rings is 1. The van der Waals surface area contributed by atoms with E-state index in [-0.39, 0.29) is 17.0 Å². The van der Waals surface area contributed by atoms with Gasteiger partial charge >= 0.3 is 0 Å². The van der Waals surface area contributed by atoms with Crippen LogP contribution < -0.4 is 10.1 Å². The van der Waals surface area contributed by atoms with Gasteiger partial charge in [0.15, 0.2) is 9.84 Å². The fraction of sp³-hybridized carbons (Fsp3) is 0.435. The second kappa shape index (κ2) is 9.98. The highest BCUT2D eigenvalue weighted by atomic mass is 32.2. The number of hydrogen-bond acceptors (Lipinski definition) is 9. The zero-order chi connectivity index (χ0) is 23.4. The van der Waals surface area contributed by atoms with Crippen molar-refractivity contribution in [1.29, 1.82) is 0 Å². The number of sulfone groups is 1. The largest absolute Gasteiger partial charge is 0.474 e. The van der Waals surface area contributed by atoms with Crippen molar-refractivity contribution in [3.63, 3.8) is 0 Å². The molecule has 0 bridgehead atoms. The van der Waals surface area contributed by atoms with Gasteiger partial charge in [-0.2, -0.15) is 0 Å². The van der Waals surface area contributed by atoms with Crippen molar-refractivity contribution in [1.82, 2.24) is 15.0 Å². The average Bonchev–Trinajstić information content (AvgIpc) is 2.79. The standard InChI is InChI=1S/C23H28N4O5S/c1-15(14-30-2)26-23-25-13-20-21(27-23)19(16-4-6-18(7-5-16)33(3,28)29)12-24-22(20)32-17-8-10-31-11-9-17/h4-7,12-13,15,17H,8-11,14H2,1-3H3,(H,25,26,27)/t15-/m0/s1. The lowest BCUT2D eigenvalue weighted by Gasteiger charge is -2.23. The van der Waals surface area contributed by atoms with Crippen LogP contribution in [0.1, 0.15) is 19.8 Å². The number of methoxy groups -OCH3 is 1. The second-order valence-corrected chi connectivity index (χ2v) is 10.2. The van der Waals surface area contributed by atoms with Crippen molar-refractivity contribution in [2.75, 3.05) is 38.5 Å². The highest BCUT2D eigenvalue weighted by Gasteiger charge is 2.20. The van der Waals surface area contributed by atoms with E-state index in [9.17, 15) is 8.42 Å². The molecule has 1 atom stereocenters. The van der Waals surface area contributed by atoms with Gasteiger partial charge in [0, 0.05) is 50.2 Å². The molecule has 3 heterocycles. The SMILES string of the molecule is COC[C@H](C)Nc1ncc2c(OC3CCOCC3)ncc(-c3ccc(S(C)(=O)=O)cc3)c2n1. The molecule has 33 heavy (non-hydrogen) atoms. The number of benzene rings is 1. The number of anilines is 1. The zero-order valence-corrected chi connectivity index (χ0v) is 19.8. The number of ether oxygens (including phenoxy) is 3. The van der Waals surface area contributed by atoms with E-state index >= 15 is 0 Å². The fourth-order valence-electron chi connectivity index (χ4n) is 3.72. The number of aromatic nitrogens is 3. The highest BCUT2D eigenvalue weighted by Crippen LogP contribution is 2.33. The lowest BCUT2D eigenvalue weighted by molar-refractivity contribution is 0.0244. The van der Waals surface area contributed by atoms with E-state index in [4.69, 9.17) is 19.2 Å². The molecule has 0 spiro atoms. The van der Waals surface area contributed by atoms with Crippen molar-refractivity contribution < 1.29 is 22.6 Å². The van der Waals surface area contributed by atoms with Crippen LogP contribution in [-0.2, 0) is 19.3 Å². The summed E-state index contributed by atoms with van der Waals surface area (Å²) in [5.41, 5.74) is 2.22. The van der Waals surface area contributed by atoms with Crippen LogP contribution >= 0.6 is 0 Å². The van der Waals surface area contributed by atoms with Crippen LogP contribution in [0.15, 0.2) is 41.6 Å². The maximum Gasteiger partial charge on any atom is 0.224 e. The lowest BCUT2D eigenvalue weighted by Crippen LogP contribution is -2.26. The van der Waals surface area contributed by atoms with E-state index in [0.717, 1.165) is 24.0 Å². The van der Waals surface area contributed by atoms with Gasteiger partial charge in [-0.25, -0.2) is 23.4 Å². The third-order valence-electron chi connectivity index (χ3n) is 5.42. The van der Waals surface area contributed by atoms with Crippen LogP contribution in [0.2, 0.25) is 0 Å². The molecular weight excluding hydrogens is 444 g/mol. The maximum atomic E-state index is 11.9. The van der Waals surface area contributed by atoms with Gasteiger partial charge in [0.2, 0.25) is 11.8 Å². The van der Waals surface area contributed by atoms with Crippen LogP contribution in [0.5, 0.6) is 5.88 Å². The summed E-state index contributed by atoms with van der Waals surface area (Å²) >= 11 is 0. The van der Waals surface area contributed by atoms with Gasteiger partial charge in [-0.3, -0.25) is 0 Å². The van der Waals surface area contributed by atoms with E-state index in [2.05, 4.69) is 15.3 Å². The topological polar surface area (TPSA) is 113 Å². The van der Waals surface area contributed by atoms with Gasteiger partial charge in [0.25, 0.3) is 0 Å². The van der Waals surface area contributed by atoms with E-state index in [0.29, 0.717) is 42.6 Å². The number of hydrogen-bond donors (Lipinski definition) is 1. The summed E-state index contributed by atoms with van der Waals surface area (Å²) in [7, 11) is -1.64. The van der Waals surface area contributed by atoms with Crippen molar-refractivity contribution in [3.8, 4) is 17.0 Å². The third-order valence-corrected chi connectivity index (χ3v) is 6.55. The zero-order valence-electron chi connectivity index (χ0n) is 18.9. The predicted octanol–water partition coefficient (Wildman–Crippen LogP) is 3.10. The van der Waals surface area contributed by atoms with E-state index in [1.807, 2.05) is 6.92 Å². The summed E-state index contributed by atoms with van der Waals surface area (Å²) in [5.74, 6) is 0.939. The Hall–Kier alpha value is -2.82. The van der Waals surface area contributed by atoms with Gasteiger partial charge in [-0.05, 0) is 24.6 Å². The molecular formula is C23H28N4O5S. The van der Waals surface area contributed by atoms with Crippen LogP contribution in [0, 0.1) is 0 Å². The van der Waals surface area contributed by atoms with E-state index < -0.39 is 9.84 Å². The van der Waals surface area contributed by atoms with Crippen molar-refractivity contribution in [2.45, 2.75) is 36.8 Å². The van der Waals surface area contributed by atoms with Gasteiger partial charge in [-0.1, -0.05) is 12.1 Å². The Labute approximate surface area is 193 Å². The van der Waals surface area contributed by atoms with Gasteiger partial charge in [0.1, 0.15) is 6.10 Å². The molecule has 176 valence electrons. The Morgan fingerprint density at radius 2 is 1.88 bits per heavy atom. The number of rotatable bonds is 8. The lowest BCUT2D eigenvalue weighted by atomic mass is 10.1. The Balaban J connectivity index is 1.76. The van der Waals surface area contributed by atoms with Gasteiger partial charge < -0.3 is 19.5 Å². The Morgan fingerprint density at radius 1 is 1.15 bits per heavy atom. The van der Waals surface area contributed by atoms with Crippen LogP contribution in [0.4, 0.5) is 5.95 Å². The minimum Gasteiger partial charge on any atom is -0.474 e. The average molecular weight is 473 g/mol. The molecule has 1 fully saturated rings. The van der Waals surface area contributed by atoms with E-state index in [1.165, 1.54) is 6.26 Å². The molecule has 10 heteroatoms. The van der Waals surface area contributed by atoms with E-state index in [1.54, 1.807) is 43.8 Å². The number of nitrogens with one attached hydrogen (secondary N) is 1. The summed E-state index contributed by atoms with van der Waals surface area (Å²) < 4.78 is 40.5. The molecule has 0 aliphatic carbocycles. The molecule has 1 N–H and O–H groups in total. The van der Waals surface area contributed by atoms with Crippen LogP contribution in [0.25, 0.3) is 22.0 Å². The quantitative estimate of drug-likeness (QED) is 0.528. The molecule has 2 aromatic heterocycles. The normalized spacial score (nSPS) is 16.0. The fourth-order valence-corrected chi connectivity index (χ4v) is 4.35. The predicted molar refractivity (Wildman–Crippen MR) is 125 cm³/mol. The molecule has 0 unspecified atom stereocenters.